The van der Waals surface area contributed by atoms with Gasteiger partial charge in [-0.2, -0.15) is 0 Å². The second-order valence-corrected chi connectivity index (χ2v) is 6.72. The second-order valence-electron chi connectivity index (χ2n) is 4.51. The molecule has 0 unspecified atom stereocenters. The van der Waals surface area contributed by atoms with Crippen molar-refractivity contribution in [2.45, 2.75) is 38.0 Å². The number of hydrogen-bond acceptors (Lipinski definition) is 3. The van der Waals surface area contributed by atoms with Crippen LogP contribution in [0.1, 0.15) is 26.7 Å². The average molecular weight is 205 g/mol. The Bertz CT molecular complexity index is 261. The fraction of sp³-hybridized carbons (Fsp3) is 1.00. The van der Waals surface area contributed by atoms with Crippen molar-refractivity contribution in [2.75, 3.05) is 6.26 Å². The largest absolute Gasteiger partial charge is 0.327 e. The number of sulfone groups is 1. The van der Waals surface area contributed by atoms with Crippen molar-refractivity contribution in [3.05, 3.63) is 0 Å². The molecule has 3 nitrogen and oxygen atoms in total. The second kappa shape index (κ2) is 3.58. The van der Waals surface area contributed by atoms with Crippen LogP contribution >= 0.6 is 0 Å². The molecule has 0 bridgehead atoms. The van der Waals surface area contributed by atoms with Gasteiger partial charge < -0.3 is 5.73 Å². The summed E-state index contributed by atoms with van der Waals surface area (Å²) in [5, 5.41) is -0.330. The summed E-state index contributed by atoms with van der Waals surface area (Å²) in [6.45, 7) is 4.12. The lowest BCUT2D eigenvalue weighted by molar-refractivity contribution is 0.272. The van der Waals surface area contributed by atoms with Gasteiger partial charge in [-0.3, -0.25) is 0 Å². The zero-order chi connectivity index (χ0) is 10.2. The Hall–Kier alpha value is -0.0900. The fourth-order valence-corrected chi connectivity index (χ4v) is 4.33. The molecule has 0 aromatic heterocycles. The Morgan fingerprint density at radius 1 is 1.23 bits per heavy atom. The van der Waals surface area contributed by atoms with E-state index in [9.17, 15) is 8.42 Å². The van der Waals surface area contributed by atoms with Gasteiger partial charge in [0.1, 0.15) is 0 Å². The van der Waals surface area contributed by atoms with Crippen LogP contribution in [-0.2, 0) is 9.84 Å². The van der Waals surface area contributed by atoms with Crippen LogP contribution < -0.4 is 5.73 Å². The summed E-state index contributed by atoms with van der Waals surface area (Å²) in [6, 6.07) is -0.172. The lowest BCUT2D eigenvalue weighted by Gasteiger charge is -2.36. The van der Waals surface area contributed by atoms with E-state index in [4.69, 9.17) is 5.73 Å². The van der Waals surface area contributed by atoms with E-state index in [0.29, 0.717) is 5.92 Å². The summed E-state index contributed by atoms with van der Waals surface area (Å²) >= 11 is 0. The Morgan fingerprint density at radius 2 is 1.77 bits per heavy atom. The van der Waals surface area contributed by atoms with Gasteiger partial charge in [-0.1, -0.05) is 13.8 Å². The third-order valence-corrected chi connectivity index (χ3v) is 4.73. The maximum atomic E-state index is 11.4. The van der Waals surface area contributed by atoms with Crippen LogP contribution in [0.5, 0.6) is 0 Å². The highest BCUT2D eigenvalue weighted by Crippen LogP contribution is 2.31. The Morgan fingerprint density at radius 3 is 2.15 bits per heavy atom. The molecule has 0 amide bonds. The van der Waals surface area contributed by atoms with Crippen molar-refractivity contribution in [2.24, 2.45) is 17.6 Å². The van der Waals surface area contributed by atoms with E-state index in [1.54, 1.807) is 0 Å². The van der Waals surface area contributed by atoms with E-state index in [0.717, 1.165) is 12.8 Å². The summed E-state index contributed by atoms with van der Waals surface area (Å²) in [5.41, 5.74) is 5.87. The number of hydrogen-bond donors (Lipinski definition) is 1. The van der Waals surface area contributed by atoms with Gasteiger partial charge in [-0.05, 0) is 24.7 Å². The van der Waals surface area contributed by atoms with Crippen LogP contribution in [0.25, 0.3) is 0 Å². The van der Waals surface area contributed by atoms with E-state index in [2.05, 4.69) is 6.92 Å². The van der Waals surface area contributed by atoms with Gasteiger partial charge in [0.25, 0.3) is 0 Å². The first kappa shape index (κ1) is 11.0. The smallest absolute Gasteiger partial charge is 0.152 e. The van der Waals surface area contributed by atoms with Crippen LogP contribution in [0.2, 0.25) is 0 Å². The zero-order valence-electron chi connectivity index (χ0n) is 8.53. The predicted octanol–water partition coefficient (Wildman–Crippen LogP) is 0.793. The third kappa shape index (κ3) is 2.44. The molecule has 0 aliphatic heterocycles. The van der Waals surface area contributed by atoms with Gasteiger partial charge in [-0.25, -0.2) is 8.42 Å². The molecule has 13 heavy (non-hydrogen) atoms. The average Bonchev–Trinajstić information content (AvgIpc) is 1.78. The summed E-state index contributed by atoms with van der Waals surface area (Å²) in [7, 11) is -2.97. The van der Waals surface area contributed by atoms with Crippen LogP contribution in [0, 0.1) is 11.8 Å². The quantitative estimate of drug-likeness (QED) is 0.688. The predicted molar refractivity (Wildman–Crippen MR) is 54.2 cm³/mol. The maximum absolute atomic E-state index is 11.4. The van der Waals surface area contributed by atoms with Gasteiger partial charge in [0, 0.05) is 12.3 Å². The zero-order valence-corrected chi connectivity index (χ0v) is 9.34. The first-order chi connectivity index (χ1) is 5.82. The molecule has 0 aromatic carbocycles. The molecule has 1 rings (SSSR count). The van der Waals surface area contributed by atoms with Crippen molar-refractivity contribution < 1.29 is 8.42 Å². The summed E-state index contributed by atoms with van der Waals surface area (Å²) in [4.78, 5) is 0. The minimum atomic E-state index is -2.97. The SMILES string of the molecule is C[C@H]1C[C@@H](N)[C@H](S(C)(=O)=O)[C@@H](C)C1. The van der Waals surface area contributed by atoms with Gasteiger partial charge >= 0.3 is 0 Å². The normalized spacial score (nSPS) is 41.8. The number of rotatable bonds is 1. The first-order valence-corrected chi connectivity index (χ1v) is 6.72. The van der Waals surface area contributed by atoms with Crippen LogP contribution in [-0.4, -0.2) is 26.0 Å². The lowest BCUT2D eigenvalue weighted by atomic mass is 9.80. The molecule has 1 aliphatic rings. The van der Waals surface area contributed by atoms with Crippen LogP contribution in [0.15, 0.2) is 0 Å². The summed E-state index contributed by atoms with van der Waals surface area (Å²) in [5.74, 6) is 0.761. The van der Waals surface area contributed by atoms with Crippen molar-refractivity contribution in [1.29, 1.82) is 0 Å². The fourth-order valence-electron chi connectivity index (χ4n) is 2.63. The van der Waals surface area contributed by atoms with Crippen molar-refractivity contribution in [3.63, 3.8) is 0 Å². The highest BCUT2D eigenvalue weighted by molar-refractivity contribution is 7.91. The standard InChI is InChI=1S/C9H19NO2S/c1-6-4-7(2)9(8(10)5-6)13(3,11)12/h6-9H,4-5,10H2,1-3H3/t6-,7+,8-,9-/m1/s1. The molecule has 0 radical (unpaired) electrons. The van der Waals surface area contributed by atoms with E-state index in [1.807, 2.05) is 6.92 Å². The molecule has 1 aliphatic carbocycles. The molecule has 0 aromatic rings. The minimum absolute atomic E-state index is 0.172. The molecular weight excluding hydrogens is 186 g/mol. The van der Waals surface area contributed by atoms with Crippen LogP contribution in [0.3, 0.4) is 0 Å². The van der Waals surface area contributed by atoms with E-state index in [1.165, 1.54) is 6.26 Å². The molecular formula is C9H19NO2S. The Labute approximate surface area is 80.6 Å². The van der Waals surface area contributed by atoms with Crippen LogP contribution in [0.4, 0.5) is 0 Å². The molecule has 4 heteroatoms. The van der Waals surface area contributed by atoms with Gasteiger partial charge in [0.05, 0.1) is 5.25 Å². The molecule has 1 fully saturated rings. The van der Waals surface area contributed by atoms with E-state index in [-0.39, 0.29) is 17.2 Å². The summed E-state index contributed by atoms with van der Waals surface area (Å²) in [6.07, 6.45) is 3.11. The third-order valence-electron chi connectivity index (χ3n) is 2.93. The molecule has 0 saturated heterocycles. The summed E-state index contributed by atoms with van der Waals surface area (Å²) < 4.78 is 22.9. The van der Waals surface area contributed by atoms with Crippen molar-refractivity contribution in [3.8, 4) is 0 Å². The molecule has 1 saturated carbocycles. The molecule has 0 spiro atoms. The molecule has 78 valence electrons. The van der Waals surface area contributed by atoms with Crippen molar-refractivity contribution in [1.82, 2.24) is 0 Å². The van der Waals surface area contributed by atoms with Crippen molar-refractivity contribution >= 4 is 9.84 Å². The molecule has 2 N–H and O–H groups in total. The number of nitrogens with two attached hydrogens (primary N) is 1. The first-order valence-electron chi connectivity index (χ1n) is 4.76. The molecule has 4 atom stereocenters. The minimum Gasteiger partial charge on any atom is -0.327 e. The highest BCUT2D eigenvalue weighted by atomic mass is 32.2. The highest BCUT2D eigenvalue weighted by Gasteiger charge is 2.38. The Kier molecular flexibility index (Phi) is 3.02. The monoisotopic (exact) mass is 205 g/mol. The lowest BCUT2D eigenvalue weighted by Crippen LogP contribution is -2.48. The van der Waals surface area contributed by atoms with E-state index < -0.39 is 9.84 Å². The van der Waals surface area contributed by atoms with Gasteiger partial charge in [0.15, 0.2) is 9.84 Å². The molecule has 0 heterocycles. The van der Waals surface area contributed by atoms with Gasteiger partial charge in [-0.15, -0.1) is 0 Å². The topological polar surface area (TPSA) is 60.2 Å². The maximum Gasteiger partial charge on any atom is 0.152 e. The van der Waals surface area contributed by atoms with Gasteiger partial charge in [0.2, 0.25) is 0 Å². The Balaban J connectivity index is 2.85. The van der Waals surface area contributed by atoms with E-state index >= 15 is 0 Å².